The second-order valence-corrected chi connectivity index (χ2v) is 20.7. The summed E-state index contributed by atoms with van der Waals surface area (Å²) in [5, 5.41) is 0. The number of hydrogen-bond donors (Lipinski definition) is 0. The standard InChI is InChI=1S/C43H64O4/c1-36-17-9-32-40(5)15-7-13-38(3,30(40)11-19-42(32,26-36)23-21-36)28-46-34(44)25-35(45)47-29-39(4)14-8-16-41(6)31(39)12-20-43-24-22-37(2,27-43)18-10-33(41)43/h21-24,30-33H,7-20,25-29H2,1-6H3/t30-,31-,32+,33+,36-,37-,38+,39+,40-,41-,42+,43+/m1/s1. The average Bonchev–Trinajstić information content (AvgIpc) is 3.40. The fourth-order valence-electron chi connectivity index (χ4n) is 15.6. The third-order valence-corrected chi connectivity index (χ3v) is 17.5. The van der Waals surface area contributed by atoms with Gasteiger partial charge < -0.3 is 9.47 Å². The van der Waals surface area contributed by atoms with E-state index in [9.17, 15) is 9.59 Å². The summed E-state index contributed by atoms with van der Waals surface area (Å²) in [5.41, 5.74) is 2.10. The first kappa shape index (κ1) is 32.6. The van der Waals surface area contributed by atoms with Crippen LogP contribution >= 0.6 is 0 Å². The first-order valence-corrected chi connectivity index (χ1v) is 19.8. The molecule has 8 aliphatic carbocycles. The van der Waals surface area contributed by atoms with E-state index in [1.54, 1.807) is 0 Å². The lowest BCUT2D eigenvalue weighted by atomic mass is 9.40. The molecule has 0 aliphatic heterocycles. The molecule has 0 heterocycles. The van der Waals surface area contributed by atoms with Gasteiger partial charge in [0.15, 0.2) is 0 Å². The monoisotopic (exact) mass is 644 g/mol. The molecule has 0 aromatic rings. The first-order valence-electron chi connectivity index (χ1n) is 19.8. The summed E-state index contributed by atoms with van der Waals surface area (Å²) in [5.74, 6) is 1.78. The van der Waals surface area contributed by atoms with Crippen molar-refractivity contribution in [1.29, 1.82) is 0 Å². The molecule has 0 aromatic carbocycles. The van der Waals surface area contributed by atoms with E-state index in [1.165, 1.54) is 89.9 Å². The smallest absolute Gasteiger partial charge is 0.317 e. The third kappa shape index (κ3) is 4.85. The molecule has 0 saturated heterocycles. The maximum Gasteiger partial charge on any atom is 0.317 e. The Morgan fingerprint density at radius 3 is 1.36 bits per heavy atom. The summed E-state index contributed by atoms with van der Waals surface area (Å²) in [4.78, 5) is 26.3. The van der Waals surface area contributed by atoms with Crippen molar-refractivity contribution in [3.8, 4) is 0 Å². The number of esters is 2. The molecule has 4 nitrogen and oxygen atoms in total. The number of ether oxygens (including phenoxy) is 2. The molecule has 4 bridgehead atoms. The van der Waals surface area contributed by atoms with Gasteiger partial charge in [0.05, 0.1) is 13.2 Å². The second-order valence-electron chi connectivity index (χ2n) is 20.7. The van der Waals surface area contributed by atoms with Crippen molar-refractivity contribution >= 4 is 11.9 Å². The fourth-order valence-corrected chi connectivity index (χ4v) is 15.6. The third-order valence-electron chi connectivity index (χ3n) is 17.5. The van der Waals surface area contributed by atoms with Gasteiger partial charge in [0.25, 0.3) is 0 Å². The predicted molar refractivity (Wildman–Crippen MR) is 186 cm³/mol. The van der Waals surface area contributed by atoms with Gasteiger partial charge in [-0.05, 0) is 146 Å². The predicted octanol–water partition coefficient (Wildman–Crippen LogP) is 10.4. The van der Waals surface area contributed by atoms with Crippen LogP contribution in [0, 0.1) is 67.0 Å². The van der Waals surface area contributed by atoms with Gasteiger partial charge in [-0.25, -0.2) is 0 Å². The van der Waals surface area contributed by atoms with Crippen molar-refractivity contribution in [2.75, 3.05) is 13.2 Å². The topological polar surface area (TPSA) is 52.6 Å². The van der Waals surface area contributed by atoms with Crippen molar-refractivity contribution < 1.29 is 19.1 Å². The van der Waals surface area contributed by atoms with Crippen LogP contribution in [-0.2, 0) is 19.1 Å². The van der Waals surface area contributed by atoms with E-state index in [0.717, 1.165) is 24.7 Å². The van der Waals surface area contributed by atoms with E-state index in [1.807, 2.05) is 0 Å². The van der Waals surface area contributed by atoms with Gasteiger partial charge >= 0.3 is 11.9 Å². The van der Waals surface area contributed by atoms with Crippen molar-refractivity contribution in [2.45, 2.75) is 151 Å². The maximum absolute atomic E-state index is 13.2. The molecule has 6 saturated carbocycles. The van der Waals surface area contributed by atoms with Gasteiger partial charge in [0, 0.05) is 10.8 Å². The van der Waals surface area contributed by atoms with Crippen LogP contribution in [0.1, 0.15) is 151 Å². The van der Waals surface area contributed by atoms with Crippen LogP contribution < -0.4 is 0 Å². The highest BCUT2D eigenvalue weighted by atomic mass is 16.6. The van der Waals surface area contributed by atoms with Crippen molar-refractivity contribution in [3.63, 3.8) is 0 Å². The van der Waals surface area contributed by atoms with E-state index in [0.29, 0.717) is 57.5 Å². The van der Waals surface area contributed by atoms with Gasteiger partial charge in [-0.1, -0.05) is 78.7 Å². The summed E-state index contributed by atoms with van der Waals surface area (Å²) >= 11 is 0. The first-order chi connectivity index (χ1) is 22.1. The van der Waals surface area contributed by atoms with Crippen LogP contribution in [0.25, 0.3) is 0 Å². The van der Waals surface area contributed by atoms with E-state index in [4.69, 9.17) is 9.47 Å². The normalized spacial score (nSPS) is 53.7. The van der Waals surface area contributed by atoms with Gasteiger partial charge in [-0.15, -0.1) is 0 Å². The molecule has 260 valence electrons. The van der Waals surface area contributed by atoms with Gasteiger partial charge in [-0.2, -0.15) is 0 Å². The van der Waals surface area contributed by atoms with E-state index in [-0.39, 0.29) is 17.3 Å². The maximum atomic E-state index is 13.2. The Hall–Kier alpha value is -1.58. The fraction of sp³-hybridized carbons (Fsp3) is 0.860. The van der Waals surface area contributed by atoms with Crippen LogP contribution in [0.15, 0.2) is 24.3 Å². The molecule has 2 spiro atoms. The van der Waals surface area contributed by atoms with Crippen LogP contribution in [0.3, 0.4) is 0 Å². The summed E-state index contributed by atoms with van der Waals surface area (Å²) in [6.07, 6.45) is 30.2. The van der Waals surface area contributed by atoms with E-state index >= 15 is 0 Å². The largest absolute Gasteiger partial charge is 0.465 e. The Balaban J connectivity index is 0.872. The quantitative estimate of drug-likeness (QED) is 0.164. The number of rotatable bonds is 6. The zero-order chi connectivity index (χ0) is 33.1. The molecular formula is C43H64O4. The van der Waals surface area contributed by atoms with Gasteiger partial charge in [0.1, 0.15) is 6.42 Å². The van der Waals surface area contributed by atoms with Crippen molar-refractivity contribution in [1.82, 2.24) is 0 Å². The molecule has 6 fully saturated rings. The highest BCUT2D eigenvalue weighted by Crippen LogP contribution is 2.73. The Kier molecular flexibility index (Phi) is 7.27. The molecule has 47 heavy (non-hydrogen) atoms. The molecule has 8 rings (SSSR count). The highest BCUT2D eigenvalue weighted by molar-refractivity contribution is 5.91. The Morgan fingerprint density at radius 1 is 0.532 bits per heavy atom. The number of carbonyl (C=O) groups excluding carboxylic acids is 2. The molecule has 0 unspecified atom stereocenters. The summed E-state index contributed by atoms with van der Waals surface area (Å²) in [7, 11) is 0. The lowest BCUT2D eigenvalue weighted by Crippen LogP contribution is -2.58. The lowest BCUT2D eigenvalue weighted by Gasteiger charge is -2.64. The average molecular weight is 645 g/mol. The highest BCUT2D eigenvalue weighted by Gasteiger charge is 2.65. The summed E-state index contributed by atoms with van der Waals surface area (Å²) in [6, 6.07) is 0. The zero-order valence-corrected chi connectivity index (χ0v) is 30.7. The Morgan fingerprint density at radius 2 is 0.936 bits per heavy atom. The number of hydrogen-bond acceptors (Lipinski definition) is 4. The Bertz CT molecular complexity index is 1280. The van der Waals surface area contributed by atoms with Crippen LogP contribution in [0.4, 0.5) is 0 Å². The molecular weight excluding hydrogens is 580 g/mol. The second kappa shape index (κ2) is 10.5. The van der Waals surface area contributed by atoms with Gasteiger partial charge in [-0.3, -0.25) is 9.59 Å². The zero-order valence-electron chi connectivity index (χ0n) is 30.7. The minimum Gasteiger partial charge on any atom is -0.465 e. The van der Waals surface area contributed by atoms with Crippen molar-refractivity contribution in [2.24, 2.45) is 67.0 Å². The van der Waals surface area contributed by atoms with Crippen LogP contribution in [0.2, 0.25) is 0 Å². The molecule has 0 N–H and O–H groups in total. The van der Waals surface area contributed by atoms with Gasteiger partial charge in [0.2, 0.25) is 0 Å². The van der Waals surface area contributed by atoms with Crippen LogP contribution in [0.5, 0.6) is 0 Å². The van der Waals surface area contributed by atoms with Crippen molar-refractivity contribution in [3.05, 3.63) is 24.3 Å². The van der Waals surface area contributed by atoms with E-state index < -0.39 is 11.9 Å². The lowest BCUT2D eigenvalue weighted by molar-refractivity contribution is -0.178. The summed E-state index contributed by atoms with van der Waals surface area (Å²) in [6.45, 7) is 15.7. The summed E-state index contributed by atoms with van der Waals surface area (Å²) < 4.78 is 12.0. The van der Waals surface area contributed by atoms with E-state index in [2.05, 4.69) is 65.8 Å². The molecule has 0 amide bonds. The SMILES string of the molecule is C[C@]12C=C[C@@]3(CC[C@@H]4[C@](C)(COC(=O)CC(=O)OC[C@]5(C)CCC[C@]6(C)[C@@H]5CC[C@@]57C=C[C@@](C)(CC[C@H]56)C7)CCC[C@@]4(C)[C@@H]3CC1)C2. The molecule has 8 aliphatic rings. The minimum atomic E-state index is -0.403. The molecule has 0 radical (unpaired) electrons. The van der Waals surface area contributed by atoms with Crippen LogP contribution in [-0.4, -0.2) is 25.2 Å². The minimum absolute atomic E-state index is 0.0271. The number of fused-ring (bicyclic) bond motifs is 6. The number of allylic oxidation sites excluding steroid dienone is 4. The Labute approximate surface area is 285 Å². The molecule has 4 heteroatoms. The molecule has 0 aromatic heterocycles. The molecule has 12 atom stereocenters. The number of carbonyl (C=O) groups is 2.